The standard InChI is InChI=1S/C20H19ClF3N3O2S/c1-11-20(30(2,25)28)27-19(26-11)17(12-7-8-16(22)15(21)9-12)29-10-13-5-3-4-6-14(13)18(23)24/h3-9,17-18,25H,10H2,1-2H3,(H,26,27). The summed E-state index contributed by atoms with van der Waals surface area (Å²) in [6, 6.07) is 9.91. The molecule has 0 spiro atoms. The topological polar surface area (TPSA) is 78.8 Å². The molecule has 0 saturated heterocycles. The smallest absolute Gasteiger partial charge is 0.264 e. The molecule has 1 heterocycles. The van der Waals surface area contributed by atoms with Gasteiger partial charge in [0.05, 0.1) is 21.4 Å². The Kier molecular flexibility index (Phi) is 6.54. The van der Waals surface area contributed by atoms with Crippen molar-refractivity contribution in [3.63, 3.8) is 0 Å². The maximum absolute atomic E-state index is 13.6. The summed E-state index contributed by atoms with van der Waals surface area (Å²) in [6.45, 7) is 1.43. The first-order chi connectivity index (χ1) is 14.1. The summed E-state index contributed by atoms with van der Waals surface area (Å²) in [5, 5.41) is -0.0790. The van der Waals surface area contributed by atoms with Gasteiger partial charge in [-0.1, -0.05) is 41.9 Å². The fourth-order valence-electron chi connectivity index (χ4n) is 3.03. The van der Waals surface area contributed by atoms with E-state index in [-0.39, 0.29) is 33.6 Å². The molecule has 160 valence electrons. The minimum Gasteiger partial charge on any atom is -0.361 e. The molecule has 3 rings (SSSR count). The van der Waals surface area contributed by atoms with Gasteiger partial charge in [0.1, 0.15) is 17.7 Å². The number of halogens is 4. The van der Waals surface area contributed by atoms with E-state index < -0.39 is 28.1 Å². The average Bonchev–Trinajstić information content (AvgIpc) is 3.07. The molecule has 3 aromatic rings. The quantitative estimate of drug-likeness (QED) is 0.471. The lowest BCUT2D eigenvalue weighted by Crippen LogP contribution is -2.10. The van der Waals surface area contributed by atoms with Gasteiger partial charge < -0.3 is 9.72 Å². The first-order valence-electron chi connectivity index (χ1n) is 8.80. The van der Waals surface area contributed by atoms with E-state index in [9.17, 15) is 17.4 Å². The average molecular weight is 458 g/mol. The maximum Gasteiger partial charge on any atom is 0.264 e. The normalized spacial score (nSPS) is 14.6. The van der Waals surface area contributed by atoms with Crippen molar-refractivity contribution >= 4 is 21.3 Å². The van der Waals surface area contributed by atoms with Crippen LogP contribution in [0.1, 0.15) is 40.7 Å². The zero-order chi connectivity index (χ0) is 22.1. The monoisotopic (exact) mass is 457 g/mol. The third-order valence-electron chi connectivity index (χ3n) is 4.42. The lowest BCUT2D eigenvalue weighted by atomic mass is 10.1. The van der Waals surface area contributed by atoms with Gasteiger partial charge in [0.15, 0.2) is 5.03 Å². The fourth-order valence-corrected chi connectivity index (χ4v) is 4.13. The van der Waals surface area contributed by atoms with Crippen LogP contribution in [0.2, 0.25) is 5.02 Å². The molecule has 2 unspecified atom stereocenters. The third kappa shape index (κ3) is 4.85. The predicted octanol–water partition coefficient (Wildman–Crippen LogP) is 5.79. The van der Waals surface area contributed by atoms with Crippen LogP contribution in [0, 0.1) is 17.5 Å². The number of aromatic nitrogens is 2. The summed E-state index contributed by atoms with van der Waals surface area (Å²) in [5.74, 6) is -0.414. The van der Waals surface area contributed by atoms with Crippen molar-refractivity contribution < 1.29 is 22.1 Å². The van der Waals surface area contributed by atoms with Crippen LogP contribution >= 0.6 is 11.6 Å². The summed E-state index contributed by atoms with van der Waals surface area (Å²) in [5.41, 5.74) is 0.965. The lowest BCUT2D eigenvalue weighted by Gasteiger charge is -2.18. The van der Waals surface area contributed by atoms with Crippen molar-refractivity contribution in [2.75, 3.05) is 6.26 Å². The van der Waals surface area contributed by atoms with Gasteiger partial charge in [0.25, 0.3) is 6.43 Å². The van der Waals surface area contributed by atoms with Crippen molar-refractivity contribution in [1.29, 1.82) is 4.78 Å². The van der Waals surface area contributed by atoms with Gasteiger partial charge in [-0.25, -0.2) is 27.1 Å². The molecule has 0 fully saturated rings. The van der Waals surface area contributed by atoms with Gasteiger partial charge in [-0.15, -0.1) is 0 Å². The first kappa shape index (κ1) is 22.3. The van der Waals surface area contributed by atoms with E-state index >= 15 is 0 Å². The van der Waals surface area contributed by atoms with Crippen molar-refractivity contribution in [1.82, 2.24) is 9.97 Å². The second-order valence-corrected chi connectivity index (χ2v) is 9.24. The van der Waals surface area contributed by atoms with Crippen molar-refractivity contribution in [2.24, 2.45) is 0 Å². The molecule has 10 heteroatoms. The molecule has 0 aliphatic heterocycles. The fraction of sp³-hybridized carbons (Fsp3) is 0.250. The zero-order valence-electron chi connectivity index (χ0n) is 16.1. The maximum atomic E-state index is 13.6. The van der Waals surface area contributed by atoms with E-state index in [1.165, 1.54) is 36.6 Å². The highest BCUT2D eigenvalue weighted by Crippen LogP contribution is 2.31. The van der Waals surface area contributed by atoms with Crippen molar-refractivity contribution in [3.05, 3.63) is 81.5 Å². The Morgan fingerprint density at radius 2 is 1.97 bits per heavy atom. The van der Waals surface area contributed by atoms with Crippen LogP contribution in [0.4, 0.5) is 13.2 Å². The number of hydrogen-bond donors (Lipinski definition) is 2. The molecule has 0 saturated carbocycles. The number of alkyl halides is 2. The molecule has 2 aromatic carbocycles. The Morgan fingerprint density at radius 3 is 2.57 bits per heavy atom. The molecule has 2 N–H and O–H groups in total. The molecular formula is C20H19ClF3N3O2S. The van der Waals surface area contributed by atoms with Crippen LogP contribution in [-0.4, -0.2) is 20.4 Å². The van der Waals surface area contributed by atoms with Gasteiger partial charge in [0, 0.05) is 17.5 Å². The van der Waals surface area contributed by atoms with Crippen molar-refractivity contribution in [3.8, 4) is 0 Å². The Bertz CT molecular complexity index is 1170. The number of ether oxygens (including phenoxy) is 1. The molecule has 0 amide bonds. The van der Waals surface area contributed by atoms with Crippen LogP contribution < -0.4 is 0 Å². The highest BCUT2D eigenvalue weighted by atomic mass is 35.5. The zero-order valence-corrected chi connectivity index (χ0v) is 17.7. The SMILES string of the molecule is Cc1[nH]c(C(OCc2ccccc2C(F)F)c2ccc(F)c(Cl)c2)nc1S(C)(=N)=O. The number of aromatic amines is 1. The molecule has 2 atom stereocenters. The second-order valence-electron chi connectivity index (χ2n) is 6.76. The second kappa shape index (κ2) is 8.79. The van der Waals surface area contributed by atoms with Gasteiger partial charge in [-0.05, 0) is 30.2 Å². The van der Waals surface area contributed by atoms with Gasteiger partial charge in [-0.2, -0.15) is 0 Å². The number of benzene rings is 2. The number of nitrogens with one attached hydrogen (secondary N) is 2. The predicted molar refractivity (Wildman–Crippen MR) is 108 cm³/mol. The minimum atomic E-state index is -3.11. The Hall–Kier alpha value is -2.36. The Labute approximate surface area is 177 Å². The van der Waals surface area contributed by atoms with Crippen LogP contribution in [0.3, 0.4) is 0 Å². The highest BCUT2D eigenvalue weighted by Gasteiger charge is 2.24. The Morgan fingerprint density at radius 1 is 1.27 bits per heavy atom. The van der Waals surface area contributed by atoms with Crippen LogP contribution in [0.25, 0.3) is 0 Å². The summed E-state index contributed by atoms with van der Waals surface area (Å²) < 4.78 is 66.1. The van der Waals surface area contributed by atoms with Gasteiger partial charge in [0.2, 0.25) is 0 Å². The minimum absolute atomic E-state index is 0.0623. The Balaban J connectivity index is 2.02. The van der Waals surface area contributed by atoms with Crippen LogP contribution in [0.15, 0.2) is 47.5 Å². The largest absolute Gasteiger partial charge is 0.361 e. The van der Waals surface area contributed by atoms with Crippen molar-refractivity contribution in [2.45, 2.75) is 31.1 Å². The summed E-state index contributed by atoms with van der Waals surface area (Å²) in [4.78, 5) is 7.19. The van der Waals surface area contributed by atoms with E-state index in [1.807, 2.05) is 0 Å². The molecule has 5 nitrogen and oxygen atoms in total. The lowest BCUT2D eigenvalue weighted by molar-refractivity contribution is 0.0581. The molecule has 0 bridgehead atoms. The third-order valence-corrected chi connectivity index (χ3v) is 5.84. The summed E-state index contributed by atoms with van der Waals surface area (Å²) in [6.07, 6.45) is -2.37. The number of H-pyrrole nitrogens is 1. The summed E-state index contributed by atoms with van der Waals surface area (Å²) in [7, 11) is -3.11. The van der Waals surface area contributed by atoms with Gasteiger partial charge >= 0.3 is 0 Å². The molecule has 1 aromatic heterocycles. The number of rotatable bonds is 7. The van der Waals surface area contributed by atoms with E-state index in [2.05, 4.69) is 9.97 Å². The molecule has 0 aliphatic carbocycles. The number of imidazole rings is 1. The molecular weight excluding hydrogens is 439 g/mol. The van der Waals surface area contributed by atoms with E-state index in [4.69, 9.17) is 21.1 Å². The molecule has 0 radical (unpaired) electrons. The number of aryl methyl sites for hydroxylation is 1. The van der Waals surface area contributed by atoms with E-state index in [0.717, 1.165) is 6.07 Å². The van der Waals surface area contributed by atoms with E-state index in [0.29, 0.717) is 11.3 Å². The highest BCUT2D eigenvalue weighted by molar-refractivity contribution is 7.91. The molecule has 30 heavy (non-hydrogen) atoms. The van der Waals surface area contributed by atoms with Crippen LogP contribution in [0.5, 0.6) is 0 Å². The van der Waals surface area contributed by atoms with Gasteiger partial charge in [-0.3, -0.25) is 0 Å². The molecule has 0 aliphatic rings. The summed E-state index contributed by atoms with van der Waals surface area (Å²) >= 11 is 5.90. The van der Waals surface area contributed by atoms with E-state index in [1.54, 1.807) is 13.0 Å². The number of hydrogen-bond acceptors (Lipinski definition) is 4. The first-order valence-corrected chi connectivity index (χ1v) is 11.1. The van der Waals surface area contributed by atoms with Crippen LogP contribution in [-0.2, 0) is 21.1 Å². The number of nitrogens with zero attached hydrogens (tertiary/aromatic N) is 1.